The molecule has 0 aliphatic heterocycles. The van der Waals surface area contributed by atoms with E-state index in [-0.39, 0.29) is 18.5 Å². The van der Waals surface area contributed by atoms with Gasteiger partial charge in [0.05, 0.1) is 17.4 Å². The Morgan fingerprint density at radius 1 is 0.767 bits per heavy atom. The van der Waals surface area contributed by atoms with Gasteiger partial charge < -0.3 is 37.6 Å². The fourth-order valence-electron chi connectivity index (χ4n) is 4.10. The summed E-state index contributed by atoms with van der Waals surface area (Å²) in [6, 6.07) is 8.43. The summed E-state index contributed by atoms with van der Waals surface area (Å²) >= 11 is 0. The van der Waals surface area contributed by atoms with E-state index in [1.807, 2.05) is 0 Å². The zero-order chi connectivity index (χ0) is 31.9. The van der Waals surface area contributed by atoms with Gasteiger partial charge in [-0.1, -0.05) is 48.9 Å². The summed E-state index contributed by atoms with van der Waals surface area (Å²) in [5.74, 6) is -5.44. The molecule has 2 rings (SSSR count). The predicted molar refractivity (Wildman–Crippen MR) is 154 cm³/mol. The van der Waals surface area contributed by atoms with E-state index in [1.165, 1.54) is 24.3 Å². The zero-order valence-corrected chi connectivity index (χ0v) is 23.3. The molecular formula is C28H36N6O9. The third kappa shape index (κ3) is 11.9. The van der Waals surface area contributed by atoms with Crippen LogP contribution in [0.2, 0.25) is 0 Å². The molecule has 15 heteroatoms. The molecule has 0 saturated heterocycles. The number of nitrogens with zero attached hydrogens (tertiary/aromatic N) is 1. The summed E-state index contributed by atoms with van der Waals surface area (Å²) in [4.78, 5) is 72.7. The Morgan fingerprint density at radius 2 is 1.28 bits per heavy atom. The van der Waals surface area contributed by atoms with Gasteiger partial charge in [0.25, 0.3) is 5.69 Å². The summed E-state index contributed by atoms with van der Waals surface area (Å²) in [7, 11) is 0. The number of nitro benzene ring substituents is 1. The van der Waals surface area contributed by atoms with E-state index in [0.29, 0.717) is 36.9 Å². The summed E-state index contributed by atoms with van der Waals surface area (Å²) < 4.78 is 0. The highest BCUT2D eigenvalue weighted by Gasteiger charge is 2.31. The van der Waals surface area contributed by atoms with Crippen LogP contribution in [0.4, 0.5) is 5.69 Å². The molecule has 15 nitrogen and oxygen atoms in total. The van der Waals surface area contributed by atoms with Crippen LogP contribution < -0.4 is 27.4 Å². The Balaban J connectivity index is 2.33. The lowest BCUT2D eigenvalue weighted by Gasteiger charge is -2.25. The van der Waals surface area contributed by atoms with Crippen LogP contribution in [-0.4, -0.2) is 75.5 Å². The van der Waals surface area contributed by atoms with E-state index in [9.17, 15) is 39.2 Å². The highest BCUT2D eigenvalue weighted by molar-refractivity contribution is 5.95. The lowest BCUT2D eigenvalue weighted by molar-refractivity contribution is -0.384. The molecule has 0 aliphatic carbocycles. The summed E-state index contributed by atoms with van der Waals surface area (Å²) in [6.45, 7) is 0.416. The van der Waals surface area contributed by atoms with Crippen LogP contribution in [0.1, 0.15) is 36.8 Å². The zero-order valence-electron chi connectivity index (χ0n) is 23.3. The van der Waals surface area contributed by atoms with Crippen molar-refractivity contribution in [3.05, 3.63) is 75.8 Å². The third-order valence-corrected chi connectivity index (χ3v) is 6.43. The minimum Gasteiger partial charge on any atom is -0.481 e. The first-order chi connectivity index (χ1) is 20.4. The van der Waals surface area contributed by atoms with E-state index >= 15 is 0 Å². The number of non-ortho nitro benzene ring substituents is 1. The summed E-state index contributed by atoms with van der Waals surface area (Å²) in [5, 5.41) is 36.7. The van der Waals surface area contributed by atoms with Crippen LogP contribution in [0.3, 0.4) is 0 Å². The second kappa shape index (κ2) is 17.2. The number of aliphatic carboxylic acids is 2. The normalized spacial score (nSPS) is 13.5. The van der Waals surface area contributed by atoms with Gasteiger partial charge in [0, 0.05) is 25.0 Å². The van der Waals surface area contributed by atoms with Gasteiger partial charge in [0.1, 0.15) is 18.1 Å². The maximum Gasteiger partial charge on any atom is 0.326 e. The average Bonchev–Trinajstić information content (AvgIpc) is 2.96. The molecule has 0 radical (unpaired) electrons. The minimum absolute atomic E-state index is 0.0887. The first-order valence-corrected chi connectivity index (χ1v) is 13.5. The number of hydrogen-bond donors (Lipinski definition) is 7. The topological polar surface area (TPSA) is 257 Å². The van der Waals surface area contributed by atoms with E-state index < -0.39 is 65.2 Å². The molecule has 4 atom stereocenters. The predicted octanol–water partition coefficient (Wildman–Crippen LogP) is -0.150. The molecule has 43 heavy (non-hydrogen) atoms. The number of carboxylic acids is 2. The number of nitrogens with two attached hydrogens (primary N) is 2. The van der Waals surface area contributed by atoms with E-state index in [2.05, 4.69) is 16.0 Å². The second-order valence-corrected chi connectivity index (χ2v) is 9.83. The Kier molecular flexibility index (Phi) is 13.7. The molecule has 2 aromatic rings. The molecule has 3 amide bonds. The van der Waals surface area contributed by atoms with Crippen molar-refractivity contribution in [2.24, 2.45) is 11.5 Å². The van der Waals surface area contributed by atoms with E-state index in [0.717, 1.165) is 0 Å². The molecular weight excluding hydrogens is 564 g/mol. The number of carbonyl (C=O) groups is 5. The molecule has 0 saturated carbocycles. The van der Waals surface area contributed by atoms with Crippen LogP contribution in [0.15, 0.2) is 54.6 Å². The number of benzene rings is 2. The van der Waals surface area contributed by atoms with Crippen molar-refractivity contribution in [3.63, 3.8) is 0 Å². The molecule has 0 fully saturated rings. The van der Waals surface area contributed by atoms with Gasteiger partial charge in [-0.2, -0.15) is 0 Å². The maximum atomic E-state index is 13.6. The molecule has 9 N–H and O–H groups in total. The number of carbonyl (C=O) groups excluding carboxylic acids is 3. The third-order valence-electron chi connectivity index (χ3n) is 6.43. The average molecular weight is 601 g/mol. The van der Waals surface area contributed by atoms with Gasteiger partial charge in [-0.15, -0.1) is 0 Å². The first kappa shape index (κ1) is 34.3. The largest absolute Gasteiger partial charge is 0.481 e. The first-order valence-electron chi connectivity index (χ1n) is 13.5. The number of rotatable bonds is 18. The van der Waals surface area contributed by atoms with E-state index in [4.69, 9.17) is 16.6 Å². The minimum atomic E-state index is -1.76. The lowest BCUT2D eigenvalue weighted by atomic mass is 10.0. The number of hydrogen-bond acceptors (Lipinski definition) is 9. The van der Waals surface area contributed by atoms with Crippen molar-refractivity contribution in [1.82, 2.24) is 16.0 Å². The standard InChI is InChI=1S/C28H36N6O9/c29-13-5-4-8-20(30)25(37)31-21(15-18-9-11-19(12-10-18)34(42)43)26(38)32-22(14-17-6-2-1-3-7-17)27(39)33-23(28(40)41)16-24(35)36/h1-3,6-7,9-12,20-23H,4-5,8,13-16,29-30H2,(H,31,37)(H,32,38)(H,33,39)(H,35,36)(H,40,41)/t20-,21+,22+,23+/m1/s1. The summed E-state index contributed by atoms with van der Waals surface area (Å²) in [5.41, 5.74) is 12.4. The SMILES string of the molecule is NCCCC[C@@H](N)C(=O)N[C@@H](Cc1ccc([N+](=O)[O-])cc1)C(=O)N[C@@H](Cc1ccccc1)C(=O)N[C@@H](CC(=O)O)C(=O)O. The Hall–Kier alpha value is -4.89. The van der Waals surface area contributed by atoms with E-state index in [1.54, 1.807) is 30.3 Å². The monoisotopic (exact) mass is 600 g/mol. The Morgan fingerprint density at radius 3 is 1.77 bits per heavy atom. The molecule has 0 heterocycles. The van der Waals surface area contributed by atoms with Gasteiger partial charge in [0.15, 0.2) is 0 Å². The van der Waals surface area contributed by atoms with Crippen molar-refractivity contribution < 1.29 is 39.1 Å². The number of unbranched alkanes of at least 4 members (excludes halogenated alkanes) is 1. The van der Waals surface area contributed by atoms with Crippen molar-refractivity contribution in [2.45, 2.75) is 62.7 Å². The fraction of sp³-hybridized carbons (Fsp3) is 0.393. The van der Waals surface area contributed by atoms with Gasteiger partial charge in [-0.3, -0.25) is 29.3 Å². The molecule has 0 bridgehead atoms. The summed E-state index contributed by atoms with van der Waals surface area (Å²) in [6.07, 6.45) is 0.409. The molecule has 0 aliphatic rings. The van der Waals surface area contributed by atoms with Crippen LogP contribution >= 0.6 is 0 Å². The van der Waals surface area contributed by atoms with Crippen molar-refractivity contribution in [2.75, 3.05) is 6.54 Å². The highest BCUT2D eigenvalue weighted by Crippen LogP contribution is 2.14. The van der Waals surface area contributed by atoms with Crippen LogP contribution in [-0.2, 0) is 36.8 Å². The Labute approximate surface area is 247 Å². The van der Waals surface area contributed by atoms with Crippen molar-refractivity contribution in [1.29, 1.82) is 0 Å². The highest BCUT2D eigenvalue weighted by atomic mass is 16.6. The van der Waals surface area contributed by atoms with Gasteiger partial charge in [-0.05, 0) is 30.5 Å². The second-order valence-electron chi connectivity index (χ2n) is 9.83. The fourth-order valence-corrected chi connectivity index (χ4v) is 4.10. The van der Waals surface area contributed by atoms with Crippen LogP contribution in [0.25, 0.3) is 0 Å². The molecule has 0 unspecified atom stereocenters. The maximum absolute atomic E-state index is 13.6. The number of carboxylic acid groups (broad SMARTS) is 2. The molecule has 2 aromatic carbocycles. The van der Waals surface area contributed by atoms with Crippen molar-refractivity contribution >= 4 is 35.3 Å². The quantitative estimate of drug-likeness (QED) is 0.0672. The number of amides is 3. The lowest BCUT2D eigenvalue weighted by Crippen LogP contribution is -2.58. The van der Waals surface area contributed by atoms with Gasteiger partial charge >= 0.3 is 11.9 Å². The number of nitro groups is 1. The van der Waals surface area contributed by atoms with Crippen LogP contribution in [0.5, 0.6) is 0 Å². The van der Waals surface area contributed by atoms with Gasteiger partial charge in [0.2, 0.25) is 17.7 Å². The van der Waals surface area contributed by atoms with Crippen LogP contribution in [0, 0.1) is 10.1 Å². The molecule has 232 valence electrons. The van der Waals surface area contributed by atoms with Crippen molar-refractivity contribution in [3.8, 4) is 0 Å². The number of nitrogens with one attached hydrogen (secondary N) is 3. The molecule has 0 spiro atoms. The molecule has 0 aromatic heterocycles. The smallest absolute Gasteiger partial charge is 0.326 e. The van der Waals surface area contributed by atoms with Gasteiger partial charge in [-0.25, -0.2) is 4.79 Å². The Bertz CT molecular complexity index is 1270.